The van der Waals surface area contributed by atoms with E-state index in [0.29, 0.717) is 5.56 Å². The van der Waals surface area contributed by atoms with Crippen molar-refractivity contribution in [2.45, 2.75) is 32.9 Å². The van der Waals surface area contributed by atoms with Gasteiger partial charge < -0.3 is 15.5 Å². The van der Waals surface area contributed by atoms with Crippen LogP contribution in [0, 0.1) is 11.7 Å². The van der Waals surface area contributed by atoms with Gasteiger partial charge in [0.15, 0.2) is 0 Å². The summed E-state index contributed by atoms with van der Waals surface area (Å²) in [6.07, 6.45) is 1.80. The lowest BCUT2D eigenvalue weighted by molar-refractivity contribution is -0.124. The molecule has 2 heterocycles. The lowest BCUT2D eigenvalue weighted by Crippen LogP contribution is -2.55. The SMILES string of the molecule is CC(CN1CCN(c2ccccn2)CC1)NC(=O)C(NC(=O)c1ccc(F)cc1)C(C)C. The molecule has 172 valence electrons. The van der Waals surface area contributed by atoms with E-state index >= 15 is 0 Å². The molecule has 8 heteroatoms. The van der Waals surface area contributed by atoms with Gasteiger partial charge in [-0.3, -0.25) is 14.5 Å². The third-order valence-electron chi connectivity index (χ3n) is 5.61. The molecule has 0 aliphatic carbocycles. The van der Waals surface area contributed by atoms with Crippen molar-refractivity contribution >= 4 is 17.6 Å². The third kappa shape index (κ3) is 6.50. The van der Waals surface area contributed by atoms with Gasteiger partial charge in [-0.05, 0) is 49.2 Å². The number of amides is 2. The standard InChI is InChI=1S/C24H32FN5O2/c1-17(2)22(28-23(31)19-7-9-20(25)10-8-19)24(32)27-18(3)16-29-12-14-30(15-13-29)21-6-4-5-11-26-21/h4-11,17-18,22H,12-16H2,1-3H3,(H,27,32)(H,28,31). The van der Waals surface area contributed by atoms with Crippen LogP contribution in [0.5, 0.6) is 0 Å². The van der Waals surface area contributed by atoms with Gasteiger partial charge in [0.2, 0.25) is 5.91 Å². The fourth-order valence-electron chi connectivity index (χ4n) is 3.83. The lowest BCUT2D eigenvalue weighted by Gasteiger charge is -2.36. The molecule has 1 aliphatic heterocycles. The minimum Gasteiger partial charge on any atom is -0.354 e. The largest absolute Gasteiger partial charge is 0.354 e. The second kappa shape index (κ2) is 11.0. The average Bonchev–Trinajstić information content (AvgIpc) is 2.78. The summed E-state index contributed by atoms with van der Waals surface area (Å²) in [5, 5.41) is 5.82. The van der Waals surface area contributed by atoms with Crippen molar-refractivity contribution in [3.8, 4) is 0 Å². The molecule has 1 fully saturated rings. The maximum absolute atomic E-state index is 13.1. The Hall–Kier alpha value is -3.00. The summed E-state index contributed by atoms with van der Waals surface area (Å²) < 4.78 is 13.1. The van der Waals surface area contributed by atoms with E-state index in [4.69, 9.17) is 0 Å². The van der Waals surface area contributed by atoms with Gasteiger partial charge in [-0.2, -0.15) is 0 Å². The van der Waals surface area contributed by atoms with Crippen LogP contribution in [-0.2, 0) is 4.79 Å². The van der Waals surface area contributed by atoms with E-state index in [0.717, 1.165) is 38.5 Å². The smallest absolute Gasteiger partial charge is 0.251 e. The molecular weight excluding hydrogens is 409 g/mol. The zero-order valence-electron chi connectivity index (χ0n) is 18.9. The molecule has 2 atom stereocenters. The van der Waals surface area contributed by atoms with Gasteiger partial charge in [0.25, 0.3) is 5.91 Å². The number of hydrogen-bond acceptors (Lipinski definition) is 5. The van der Waals surface area contributed by atoms with E-state index in [9.17, 15) is 14.0 Å². The van der Waals surface area contributed by atoms with Crippen LogP contribution in [-0.4, -0.2) is 66.5 Å². The predicted molar refractivity (Wildman–Crippen MR) is 123 cm³/mol. The molecule has 2 amide bonds. The van der Waals surface area contributed by atoms with Gasteiger partial charge >= 0.3 is 0 Å². The number of nitrogens with one attached hydrogen (secondary N) is 2. The fraction of sp³-hybridized carbons (Fsp3) is 0.458. The number of benzene rings is 1. The highest BCUT2D eigenvalue weighted by atomic mass is 19.1. The maximum atomic E-state index is 13.1. The first-order chi connectivity index (χ1) is 15.3. The van der Waals surface area contributed by atoms with Gasteiger partial charge in [-0.25, -0.2) is 9.37 Å². The normalized spacial score (nSPS) is 16.5. The average molecular weight is 442 g/mol. The van der Waals surface area contributed by atoms with Crippen molar-refractivity contribution in [1.29, 1.82) is 0 Å². The molecule has 0 radical (unpaired) electrons. The van der Waals surface area contributed by atoms with Crippen LogP contribution in [0.3, 0.4) is 0 Å². The van der Waals surface area contributed by atoms with Crippen molar-refractivity contribution in [2.24, 2.45) is 5.92 Å². The number of piperazine rings is 1. The van der Waals surface area contributed by atoms with Crippen LogP contribution in [0.2, 0.25) is 0 Å². The maximum Gasteiger partial charge on any atom is 0.251 e. The summed E-state index contributed by atoms with van der Waals surface area (Å²) in [6.45, 7) is 10.0. The number of carbonyl (C=O) groups is 2. The van der Waals surface area contributed by atoms with Crippen molar-refractivity contribution < 1.29 is 14.0 Å². The zero-order valence-corrected chi connectivity index (χ0v) is 18.9. The Morgan fingerprint density at radius 1 is 1.00 bits per heavy atom. The summed E-state index contributed by atoms with van der Waals surface area (Å²) in [6, 6.07) is 10.5. The summed E-state index contributed by atoms with van der Waals surface area (Å²) >= 11 is 0. The lowest BCUT2D eigenvalue weighted by atomic mass is 10.0. The van der Waals surface area contributed by atoms with Gasteiger partial charge in [0, 0.05) is 50.5 Å². The minimum absolute atomic E-state index is 0.0622. The molecule has 2 N–H and O–H groups in total. The Kier molecular flexibility index (Phi) is 8.16. The van der Waals surface area contributed by atoms with Crippen LogP contribution in [0.15, 0.2) is 48.7 Å². The van der Waals surface area contributed by atoms with Crippen LogP contribution in [0.25, 0.3) is 0 Å². The van der Waals surface area contributed by atoms with E-state index in [-0.39, 0.29) is 17.9 Å². The second-order valence-corrected chi connectivity index (χ2v) is 8.59. The summed E-state index contributed by atoms with van der Waals surface area (Å²) in [7, 11) is 0. The van der Waals surface area contributed by atoms with E-state index < -0.39 is 17.8 Å². The van der Waals surface area contributed by atoms with E-state index in [1.165, 1.54) is 24.3 Å². The summed E-state index contributed by atoms with van der Waals surface area (Å²) in [5.41, 5.74) is 0.323. The molecule has 32 heavy (non-hydrogen) atoms. The van der Waals surface area contributed by atoms with E-state index in [2.05, 4.69) is 25.4 Å². The summed E-state index contributed by atoms with van der Waals surface area (Å²) in [5.74, 6) is -0.111. The van der Waals surface area contributed by atoms with Crippen molar-refractivity contribution in [2.75, 3.05) is 37.6 Å². The van der Waals surface area contributed by atoms with E-state index in [1.807, 2.05) is 39.0 Å². The molecule has 0 spiro atoms. The molecule has 2 aromatic rings. The minimum atomic E-state index is -0.670. The molecule has 2 unspecified atom stereocenters. The van der Waals surface area contributed by atoms with Crippen LogP contribution < -0.4 is 15.5 Å². The summed E-state index contributed by atoms with van der Waals surface area (Å²) in [4.78, 5) is 34.4. The molecular formula is C24H32FN5O2. The second-order valence-electron chi connectivity index (χ2n) is 8.59. The van der Waals surface area contributed by atoms with Gasteiger partial charge in [0.1, 0.15) is 17.7 Å². The molecule has 0 saturated carbocycles. The zero-order chi connectivity index (χ0) is 23.1. The predicted octanol–water partition coefficient (Wildman–Crippen LogP) is 2.30. The molecule has 1 saturated heterocycles. The molecule has 1 aromatic heterocycles. The van der Waals surface area contributed by atoms with E-state index in [1.54, 1.807) is 6.20 Å². The van der Waals surface area contributed by atoms with Crippen LogP contribution in [0.4, 0.5) is 10.2 Å². The molecule has 0 bridgehead atoms. The first-order valence-electron chi connectivity index (χ1n) is 11.1. The number of halogens is 1. The highest BCUT2D eigenvalue weighted by Gasteiger charge is 2.27. The fourth-order valence-corrected chi connectivity index (χ4v) is 3.83. The number of rotatable bonds is 8. The Bertz CT molecular complexity index is 883. The highest BCUT2D eigenvalue weighted by Crippen LogP contribution is 2.13. The molecule has 3 rings (SSSR count). The Labute approximate surface area is 189 Å². The van der Waals surface area contributed by atoms with Crippen LogP contribution in [0.1, 0.15) is 31.1 Å². The van der Waals surface area contributed by atoms with Gasteiger partial charge in [-0.15, -0.1) is 0 Å². The number of aromatic nitrogens is 1. The molecule has 1 aliphatic rings. The van der Waals surface area contributed by atoms with Crippen molar-refractivity contribution in [1.82, 2.24) is 20.5 Å². The quantitative estimate of drug-likeness (QED) is 0.657. The molecule has 7 nitrogen and oxygen atoms in total. The van der Waals surface area contributed by atoms with Gasteiger partial charge in [0.05, 0.1) is 0 Å². The monoisotopic (exact) mass is 441 g/mol. The highest BCUT2D eigenvalue weighted by molar-refractivity contribution is 5.97. The first-order valence-corrected chi connectivity index (χ1v) is 11.1. The molecule has 1 aromatic carbocycles. The van der Waals surface area contributed by atoms with Crippen LogP contribution >= 0.6 is 0 Å². The number of pyridine rings is 1. The Morgan fingerprint density at radius 2 is 1.69 bits per heavy atom. The number of carbonyl (C=O) groups excluding carboxylic acids is 2. The first kappa shape index (κ1) is 23.7. The number of hydrogen-bond donors (Lipinski definition) is 2. The topological polar surface area (TPSA) is 77.6 Å². The number of anilines is 1. The van der Waals surface area contributed by atoms with Gasteiger partial charge in [-0.1, -0.05) is 19.9 Å². The number of nitrogens with zero attached hydrogens (tertiary/aromatic N) is 3. The van der Waals surface area contributed by atoms with Crippen molar-refractivity contribution in [3.05, 3.63) is 60.0 Å². The Balaban J connectivity index is 1.48. The van der Waals surface area contributed by atoms with Crippen molar-refractivity contribution in [3.63, 3.8) is 0 Å². The Morgan fingerprint density at radius 3 is 2.28 bits per heavy atom. The third-order valence-corrected chi connectivity index (χ3v) is 5.61.